The second-order valence-corrected chi connectivity index (χ2v) is 6.25. The molecule has 1 aromatic carbocycles. The van der Waals surface area contributed by atoms with Crippen molar-refractivity contribution in [2.24, 2.45) is 5.92 Å². The zero-order chi connectivity index (χ0) is 16.8. The Labute approximate surface area is 141 Å². The fraction of sp³-hybridized carbons (Fsp3) is 0.529. The summed E-state index contributed by atoms with van der Waals surface area (Å²) in [6, 6.07) is 7.12. The van der Waals surface area contributed by atoms with Crippen molar-refractivity contribution < 1.29 is 14.3 Å². The lowest BCUT2D eigenvalue weighted by Crippen LogP contribution is -2.49. The van der Waals surface area contributed by atoms with Gasteiger partial charge in [-0.3, -0.25) is 9.59 Å². The third-order valence-corrected chi connectivity index (χ3v) is 4.55. The molecule has 2 rings (SSSR count). The van der Waals surface area contributed by atoms with Gasteiger partial charge in [0, 0.05) is 26.2 Å². The molecule has 0 unspecified atom stereocenters. The first kappa shape index (κ1) is 17.8. The molecule has 0 saturated carbocycles. The van der Waals surface area contributed by atoms with Crippen molar-refractivity contribution in [1.82, 2.24) is 10.2 Å². The molecule has 1 N–H and O–H groups in total. The first-order valence-corrected chi connectivity index (χ1v) is 8.24. The average Bonchev–Trinajstić information content (AvgIpc) is 2.55. The van der Waals surface area contributed by atoms with Crippen molar-refractivity contribution in [2.75, 3.05) is 26.8 Å². The topological polar surface area (TPSA) is 58.6 Å². The van der Waals surface area contributed by atoms with Gasteiger partial charge in [0.15, 0.2) is 0 Å². The van der Waals surface area contributed by atoms with Crippen molar-refractivity contribution in [3.63, 3.8) is 0 Å². The number of rotatable bonds is 5. The van der Waals surface area contributed by atoms with Crippen molar-refractivity contribution in [1.29, 1.82) is 0 Å². The van der Waals surface area contributed by atoms with Crippen molar-refractivity contribution in [2.45, 2.75) is 25.8 Å². The van der Waals surface area contributed by atoms with Crippen LogP contribution in [-0.4, -0.2) is 49.6 Å². The zero-order valence-electron chi connectivity index (χ0n) is 13.5. The summed E-state index contributed by atoms with van der Waals surface area (Å²) >= 11 is 6.13. The van der Waals surface area contributed by atoms with E-state index in [0.717, 1.165) is 12.8 Å². The van der Waals surface area contributed by atoms with E-state index in [4.69, 9.17) is 16.3 Å². The number of ether oxygens (including phenoxy) is 1. The van der Waals surface area contributed by atoms with Gasteiger partial charge in [-0.25, -0.2) is 0 Å². The minimum Gasteiger partial charge on any atom is -0.383 e. The highest BCUT2D eigenvalue weighted by atomic mass is 35.5. The molecule has 0 radical (unpaired) electrons. The minimum atomic E-state index is -0.186. The maximum atomic E-state index is 12.7. The predicted octanol–water partition coefficient (Wildman–Crippen LogP) is 2.34. The summed E-state index contributed by atoms with van der Waals surface area (Å²) in [5.41, 5.74) is 0.487. The summed E-state index contributed by atoms with van der Waals surface area (Å²) in [5.74, 6) is -0.321. The van der Waals surface area contributed by atoms with Crippen LogP contribution >= 0.6 is 11.6 Å². The van der Waals surface area contributed by atoms with Crippen molar-refractivity contribution in [3.05, 3.63) is 34.9 Å². The third-order valence-electron chi connectivity index (χ3n) is 4.22. The molecule has 0 bridgehead atoms. The quantitative estimate of drug-likeness (QED) is 0.838. The van der Waals surface area contributed by atoms with Crippen molar-refractivity contribution >= 4 is 23.4 Å². The predicted molar refractivity (Wildman–Crippen MR) is 89.6 cm³/mol. The average molecular weight is 339 g/mol. The fourth-order valence-electron chi connectivity index (χ4n) is 2.81. The van der Waals surface area contributed by atoms with Crippen LogP contribution in [0.5, 0.6) is 0 Å². The van der Waals surface area contributed by atoms with Gasteiger partial charge in [0.25, 0.3) is 5.91 Å². The maximum absolute atomic E-state index is 12.7. The smallest absolute Gasteiger partial charge is 0.255 e. The SMILES string of the molecule is COCCNC(=O)[C@H]1CC[C@@H](C)N(C(=O)c2ccccc2Cl)C1. The number of hydrogen-bond donors (Lipinski definition) is 1. The number of carbonyl (C=O) groups excluding carboxylic acids is 2. The number of hydrogen-bond acceptors (Lipinski definition) is 3. The summed E-state index contributed by atoms with van der Waals surface area (Å²) < 4.78 is 4.93. The fourth-order valence-corrected chi connectivity index (χ4v) is 3.03. The molecule has 126 valence electrons. The minimum absolute atomic E-state index is 0.0223. The van der Waals surface area contributed by atoms with Crippen LogP contribution in [0.2, 0.25) is 5.02 Å². The Bertz CT molecular complexity index is 565. The van der Waals surface area contributed by atoms with Gasteiger partial charge in [-0.05, 0) is 31.9 Å². The van der Waals surface area contributed by atoms with Crippen LogP contribution in [0.25, 0.3) is 0 Å². The lowest BCUT2D eigenvalue weighted by molar-refractivity contribution is -0.126. The second-order valence-electron chi connectivity index (χ2n) is 5.84. The highest BCUT2D eigenvalue weighted by Crippen LogP contribution is 2.26. The lowest BCUT2D eigenvalue weighted by Gasteiger charge is -2.37. The van der Waals surface area contributed by atoms with Crippen LogP contribution in [0, 0.1) is 5.92 Å². The van der Waals surface area contributed by atoms with Crippen LogP contribution in [0.15, 0.2) is 24.3 Å². The molecule has 1 aromatic rings. The van der Waals surface area contributed by atoms with E-state index in [9.17, 15) is 9.59 Å². The van der Waals surface area contributed by atoms with Gasteiger partial charge < -0.3 is 15.0 Å². The first-order valence-electron chi connectivity index (χ1n) is 7.86. The molecular weight excluding hydrogens is 316 g/mol. The van der Waals surface area contributed by atoms with E-state index in [1.54, 1.807) is 36.3 Å². The zero-order valence-corrected chi connectivity index (χ0v) is 14.3. The number of benzene rings is 1. The molecule has 1 heterocycles. The molecule has 0 spiro atoms. The van der Waals surface area contributed by atoms with E-state index in [2.05, 4.69) is 5.32 Å². The number of methoxy groups -OCH3 is 1. The summed E-state index contributed by atoms with van der Waals surface area (Å²) in [6.07, 6.45) is 1.59. The molecule has 5 nitrogen and oxygen atoms in total. The molecule has 0 aliphatic carbocycles. The molecule has 1 aliphatic rings. The second kappa shape index (κ2) is 8.31. The highest BCUT2D eigenvalue weighted by Gasteiger charge is 2.33. The molecule has 2 amide bonds. The Hall–Kier alpha value is -1.59. The molecule has 23 heavy (non-hydrogen) atoms. The van der Waals surface area contributed by atoms with Crippen LogP contribution < -0.4 is 5.32 Å². The highest BCUT2D eigenvalue weighted by molar-refractivity contribution is 6.33. The number of nitrogens with one attached hydrogen (secondary N) is 1. The van der Waals surface area contributed by atoms with E-state index >= 15 is 0 Å². The lowest BCUT2D eigenvalue weighted by atomic mass is 9.92. The van der Waals surface area contributed by atoms with E-state index in [1.807, 2.05) is 6.92 Å². The number of nitrogens with zero attached hydrogens (tertiary/aromatic N) is 1. The normalized spacial score (nSPS) is 21.1. The summed E-state index contributed by atoms with van der Waals surface area (Å²) in [5, 5.41) is 3.29. The Morgan fingerprint density at radius 2 is 2.09 bits per heavy atom. The Morgan fingerprint density at radius 3 is 2.78 bits per heavy atom. The number of likely N-dealkylation sites (tertiary alicyclic amines) is 1. The molecule has 0 aromatic heterocycles. The Kier molecular flexibility index (Phi) is 6.42. The van der Waals surface area contributed by atoms with Crippen molar-refractivity contribution in [3.8, 4) is 0 Å². The largest absolute Gasteiger partial charge is 0.383 e. The van der Waals surface area contributed by atoms with Gasteiger partial charge in [-0.1, -0.05) is 23.7 Å². The van der Waals surface area contributed by atoms with Gasteiger partial charge in [-0.15, -0.1) is 0 Å². The Balaban J connectivity index is 2.04. The van der Waals surface area contributed by atoms with Gasteiger partial charge >= 0.3 is 0 Å². The molecular formula is C17H23ClN2O3. The van der Waals surface area contributed by atoms with Gasteiger partial charge in [0.1, 0.15) is 0 Å². The van der Waals surface area contributed by atoms with E-state index in [0.29, 0.717) is 30.3 Å². The summed E-state index contributed by atoms with van der Waals surface area (Å²) in [4.78, 5) is 26.7. The van der Waals surface area contributed by atoms with Crippen LogP contribution in [0.1, 0.15) is 30.1 Å². The maximum Gasteiger partial charge on any atom is 0.255 e. The van der Waals surface area contributed by atoms with Gasteiger partial charge in [0.05, 0.1) is 23.1 Å². The summed E-state index contributed by atoms with van der Waals surface area (Å²) in [7, 11) is 1.60. The standard InChI is InChI=1S/C17H23ClN2O3/c1-12-7-8-13(16(21)19-9-10-23-2)11-20(12)17(22)14-5-3-4-6-15(14)18/h3-6,12-13H,7-11H2,1-2H3,(H,19,21)/t12-,13+/m1/s1. The van der Waals surface area contributed by atoms with E-state index < -0.39 is 0 Å². The van der Waals surface area contributed by atoms with E-state index in [1.165, 1.54) is 0 Å². The van der Waals surface area contributed by atoms with Crippen LogP contribution in [-0.2, 0) is 9.53 Å². The monoisotopic (exact) mass is 338 g/mol. The first-order chi connectivity index (χ1) is 11.0. The number of halogens is 1. The number of piperidine rings is 1. The molecule has 1 saturated heterocycles. The molecule has 2 atom stereocenters. The number of amides is 2. The third kappa shape index (κ3) is 4.45. The van der Waals surface area contributed by atoms with Crippen LogP contribution in [0.4, 0.5) is 0 Å². The molecule has 1 aliphatic heterocycles. The Morgan fingerprint density at radius 1 is 1.35 bits per heavy atom. The summed E-state index contributed by atoms with van der Waals surface area (Å²) in [6.45, 7) is 3.40. The number of carbonyl (C=O) groups is 2. The molecule has 6 heteroatoms. The van der Waals surface area contributed by atoms with Crippen LogP contribution in [0.3, 0.4) is 0 Å². The van der Waals surface area contributed by atoms with Gasteiger partial charge in [0.2, 0.25) is 5.91 Å². The van der Waals surface area contributed by atoms with E-state index in [-0.39, 0.29) is 23.8 Å². The van der Waals surface area contributed by atoms with Gasteiger partial charge in [-0.2, -0.15) is 0 Å². The molecule has 1 fully saturated rings.